The Bertz CT molecular complexity index is 633. The predicted octanol–water partition coefficient (Wildman–Crippen LogP) is 2.21. The van der Waals surface area contributed by atoms with Crippen LogP contribution in [0.2, 0.25) is 0 Å². The first kappa shape index (κ1) is 25.0. The molecular weight excluding hydrogens is 491 g/mol. The molecule has 0 amide bonds. The van der Waals surface area contributed by atoms with Gasteiger partial charge in [0.2, 0.25) is 0 Å². The van der Waals surface area contributed by atoms with Gasteiger partial charge < -0.3 is 20.7 Å². The Kier molecular flexibility index (Phi) is 11.0. The van der Waals surface area contributed by atoms with E-state index in [2.05, 4.69) is 44.1 Å². The van der Waals surface area contributed by atoms with Crippen molar-refractivity contribution in [2.45, 2.75) is 32.2 Å². The van der Waals surface area contributed by atoms with E-state index in [-0.39, 0.29) is 24.0 Å². The highest BCUT2D eigenvalue weighted by atomic mass is 127. The Morgan fingerprint density at radius 3 is 2.57 bits per heavy atom. The van der Waals surface area contributed by atoms with Crippen LogP contribution in [-0.2, 0) is 0 Å². The molecule has 0 aromatic heterocycles. The number of nitrogens with one attached hydrogen (secondary N) is 1. The number of ether oxygens (including phenoxy) is 1. The predicted molar refractivity (Wildman–Crippen MR) is 136 cm³/mol. The first-order chi connectivity index (χ1) is 14.2. The maximum absolute atomic E-state index is 6.05. The van der Waals surface area contributed by atoms with Crippen molar-refractivity contribution >= 4 is 35.6 Å². The van der Waals surface area contributed by atoms with Crippen LogP contribution >= 0.6 is 24.0 Å². The minimum atomic E-state index is 0. The maximum atomic E-state index is 6.05. The fourth-order valence-electron chi connectivity index (χ4n) is 4.32. The van der Waals surface area contributed by atoms with Crippen LogP contribution in [0.3, 0.4) is 0 Å². The molecule has 170 valence electrons. The van der Waals surface area contributed by atoms with E-state index >= 15 is 0 Å². The number of hydrogen-bond donors (Lipinski definition) is 2. The fourth-order valence-corrected chi connectivity index (χ4v) is 4.32. The summed E-state index contributed by atoms with van der Waals surface area (Å²) in [5, 5.41) is 3.28. The van der Waals surface area contributed by atoms with Gasteiger partial charge in [-0.1, -0.05) is 6.92 Å². The number of aliphatic imine (C=N–C) groups is 1. The smallest absolute Gasteiger partial charge is 0.188 e. The van der Waals surface area contributed by atoms with E-state index in [9.17, 15) is 0 Å². The Morgan fingerprint density at radius 2 is 1.90 bits per heavy atom. The number of likely N-dealkylation sites (tertiary alicyclic amines) is 1. The standard InChI is InChI=1S/C22H38N6O.HI/c1-3-27-13-4-6-20(27)18-25-22(23)24-11-5-12-26-14-16-28(17-15-26)19-7-9-21(29-2)10-8-19;/h7-10,20H,3-6,11-18H2,1-2H3,(H3,23,24,25);1H. The minimum Gasteiger partial charge on any atom is -0.497 e. The lowest BCUT2D eigenvalue weighted by Gasteiger charge is -2.36. The molecule has 1 aromatic rings. The number of nitrogens with two attached hydrogens (primary N) is 1. The van der Waals surface area contributed by atoms with Crippen molar-refractivity contribution in [2.75, 3.05) is 70.9 Å². The zero-order valence-corrected chi connectivity index (χ0v) is 20.9. The second kappa shape index (κ2) is 13.2. The number of nitrogens with zero attached hydrogens (tertiary/aromatic N) is 4. The van der Waals surface area contributed by atoms with Crippen LogP contribution in [0.25, 0.3) is 0 Å². The van der Waals surface area contributed by atoms with Crippen LogP contribution in [0.4, 0.5) is 5.69 Å². The topological polar surface area (TPSA) is 69.4 Å². The number of methoxy groups -OCH3 is 1. The van der Waals surface area contributed by atoms with E-state index in [1.54, 1.807) is 7.11 Å². The van der Waals surface area contributed by atoms with Crippen LogP contribution in [0.15, 0.2) is 29.3 Å². The highest BCUT2D eigenvalue weighted by Gasteiger charge is 2.22. The molecule has 0 radical (unpaired) electrons. The number of likely N-dealkylation sites (N-methyl/N-ethyl adjacent to an activating group) is 1. The number of benzene rings is 1. The molecule has 0 spiro atoms. The summed E-state index contributed by atoms with van der Waals surface area (Å²) in [7, 11) is 1.71. The van der Waals surface area contributed by atoms with Gasteiger partial charge in [0.05, 0.1) is 13.7 Å². The first-order valence-electron chi connectivity index (χ1n) is 11.1. The molecule has 0 aliphatic carbocycles. The summed E-state index contributed by atoms with van der Waals surface area (Å²) in [6.07, 6.45) is 3.61. The van der Waals surface area contributed by atoms with E-state index in [1.807, 2.05) is 12.1 Å². The summed E-state index contributed by atoms with van der Waals surface area (Å²) in [5.74, 6) is 1.51. The Hall–Kier alpha value is -1.26. The number of halogens is 1. The quantitative estimate of drug-likeness (QED) is 0.221. The lowest BCUT2D eigenvalue weighted by molar-refractivity contribution is 0.255. The van der Waals surface area contributed by atoms with Gasteiger partial charge >= 0.3 is 0 Å². The fraction of sp³-hybridized carbons (Fsp3) is 0.682. The van der Waals surface area contributed by atoms with Gasteiger partial charge in [0.25, 0.3) is 0 Å². The van der Waals surface area contributed by atoms with Crippen LogP contribution in [0.1, 0.15) is 26.2 Å². The second-order valence-corrected chi connectivity index (χ2v) is 7.96. The highest BCUT2D eigenvalue weighted by Crippen LogP contribution is 2.20. The first-order valence-corrected chi connectivity index (χ1v) is 11.1. The van der Waals surface area contributed by atoms with E-state index < -0.39 is 0 Å². The zero-order chi connectivity index (χ0) is 20.5. The third-order valence-electron chi connectivity index (χ3n) is 6.14. The van der Waals surface area contributed by atoms with Gasteiger partial charge in [0, 0.05) is 44.5 Å². The van der Waals surface area contributed by atoms with Gasteiger partial charge in [-0.25, -0.2) is 0 Å². The molecule has 3 N–H and O–H groups in total. The number of hydrogen-bond acceptors (Lipinski definition) is 5. The SMILES string of the molecule is CCN1CCCC1CN=C(N)NCCCN1CCN(c2ccc(OC)cc2)CC1.I. The molecule has 1 unspecified atom stereocenters. The van der Waals surface area contributed by atoms with Gasteiger partial charge in [0.1, 0.15) is 5.75 Å². The molecule has 2 fully saturated rings. The summed E-state index contributed by atoms with van der Waals surface area (Å²) < 4.78 is 5.24. The van der Waals surface area contributed by atoms with Crippen molar-refractivity contribution in [2.24, 2.45) is 10.7 Å². The summed E-state index contributed by atoms with van der Waals surface area (Å²) in [6.45, 7) is 11.7. The molecule has 2 aliphatic heterocycles. The van der Waals surface area contributed by atoms with Crippen LogP contribution in [-0.4, -0.2) is 87.8 Å². The molecule has 0 bridgehead atoms. The van der Waals surface area contributed by atoms with Gasteiger partial charge in [0.15, 0.2) is 5.96 Å². The van der Waals surface area contributed by atoms with Gasteiger partial charge in [-0.2, -0.15) is 0 Å². The third kappa shape index (κ3) is 7.46. The van der Waals surface area contributed by atoms with Crippen molar-refractivity contribution < 1.29 is 4.74 Å². The highest BCUT2D eigenvalue weighted by molar-refractivity contribution is 14.0. The molecule has 2 heterocycles. The molecular formula is C22H39IN6O. The monoisotopic (exact) mass is 530 g/mol. The third-order valence-corrected chi connectivity index (χ3v) is 6.14. The van der Waals surface area contributed by atoms with Gasteiger partial charge in [-0.3, -0.25) is 14.8 Å². The van der Waals surface area contributed by atoms with E-state index in [0.29, 0.717) is 12.0 Å². The molecule has 1 aromatic carbocycles. The number of rotatable bonds is 9. The van der Waals surface area contributed by atoms with Crippen LogP contribution in [0.5, 0.6) is 5.75 Å². The summed E-state index contributed by atoms with van der Waals surface area (Å²) in [5.41, 5.74) is 7.33. The number of guanidine groups is 1. The largest absolute Gasteiger partial charge is 0.497 e. The molecule has 30 heavy (non-hydrogen) atoms. The average Bonchev–Trinajstić information content (AvgIpc) is 3.23. The van der Waals surface area contributed by atoms with E-state index in [0.717, 1.165) is 64.5 Å². The molecule has 2 aliphatic rings. The number of anilines is 1. The second-order valence-electron chi connectivity index (χ2n) is 7.96. The van der Waals surface area contributed by atoms with Crippen LogP contribution < -0.4 is 20.7 Å². The van der Waals surface area contributed by atoms with E-state index in [4.69, 9.17) is 10.5 Å². The van der Waals surface area contributed by atoms with Crippen molar-refractivity contribution in [3.63, 3.8) is 0 Å². The molecule has 3 rings (SSSR count). The summed E-state index contributed by atoms with van der Waals surface area (Å²) >= 11 is 0. The molecule has 8 heteroatoms. The Morgan fingerprint density at radius 1 is 1.17 bits per heavy atom. The summed E-state index contributed by atoms with van der Waals surface area (Å²) in [4.78, 5) is 12.0. The van der Waals surface area contributed by atoms with Gasteiger partial charge in [-0.05, 0) is 63.2 Å². The van der Waals surface area contributed by atoms with Gasteiger partial charge in [-0.15, -0.1) is 24.0 Å². The maximum Gasteiger partial charge on any atom is 0.188 e. The molecule has 7 nitrogen and oxygen atoms in total. The Balaban J connectivity index is 0.00000320. The average molecular weight is 530 g/mol. The van der Waals surface area contributed by atoms with Crippen LogP contribution in [0, 0.1) is 0 Å². The molecule has 2 saturated heterocycles. The number of piperazine rings is 1. The van der Waals surface area contributed by atoms with Crippen molar-refractivity contribution in [1.82, 2.24) is 15.1 Å². The summed E-state index contributed by atoms with van der Waals surface area (Å²) in [6, 6.07) is 8.93. The molecule has 0 saturated carbocycles. The lowest BCUT2D eigenvalue weighted by Crippen LogP contribution is -2.47. The van der Waals surface area contributed by atoms with Crippen molar-refractivity contribution in [3.05, 3.63) is 24.3 Å². The minimum absolute atomic E-state index is 0. The van der Waals surface area contributed by atoms with Crippen molar-refractivity contribution in [1.29, 1.82) is 0 Å². The Labute approximate surface area is 199 Å². The zero-order valence-electron chi connectivity index (χ0n) is 18.6. The lowest BCUT2D eigenvalue weighted by atomic mass is 10.2. The van der Waals surface area contributed by atoms with E-state index in [1.165, 1.54) is 25.1 Å². The van der Waals surface area contributed by atoms with Crippen molar-refractivity contribution in [3.8, 4) is 5.75 Å². The normalized spacial score (nSPS) is 20.8. The molecule has 1 atom stereocenters.